The SMILES string of the molecule is CCN(C(=O)[C@@H](C)Sc1nc2sc(C)c(C)c2c(=O)n1CC)[C@@H]1CCS(=O)(=O)C1. The number of thiophene rings is 1. The molecule has 1 fully saturated rings. The standard InChI is InChI=1S/C19H27N3O4S3/c1-6-21(14-8-9-29(25,26)10-14)17(23)13(5)28-19-20-16-15(11(3)12(4)27-16)18(24)22(19)7-2/h13-14H,6-10H2,1-5H3/t13-,14-/m1/s1. The van der Waals surface area contributed by atoms with Gasteiger partial charge in [-0.3, -0.25) is 14.2 Å². The number of aromatic nitrogens is 2. The Kier molecular flexibility index (Phi) is 6.45. The lowest BCUT2D eigenvalue weighted by Crippen LogP contribution is -2.44. The molecule has 1 aliphatic heterocycles. The van der Waals surface area contributed by atoms with Crippen LogP contribution < -0.4 is 5.56 Å². The molecule has 10 heteroatoms. The van der Waals surface area contributed by atoms with Gasteiger partial charge in [0.2, 0.25) is 5.91 Å². The molecule has 0 spiro atoms. The van der Waals surface area contributed by atoms with E-state index in [4.69, 9.17) is 4.98 Å². The van der Waals surface area contributed by atoms with E-state index in [-0.39, 0.29) is 29.0 Å². The second kappa shape index (κ2) is 8.39. The second-order valence-electron chi connectivity index (χ2n) is 7.35. The lowest BCUT2D eigenvalue weighted by atomic mass is 10.2. The number of thioether (sulfide) groups is 1. The maximum Gasteiger partial charge on any atom is 0.263 e. The van der Waals surface area contributed by atoms with E-state index in [0.29, 0.717) is 34.9 Å². The first-order chi connectivity index (χ1) is 13.6. The van der Waals surface area contributed by atoms with Crippen molar-refractivity contribution in [3.63, 3.8) is 0 Å². The highest BCUT2D eigenvalue weighted by Crippen LogP contribution is 2.30. The van der Waals surface area contributed by atoms with Gasteiger partial charge < -0.3 is 4.90 Å². The van der Waals surface area contributed by atoms with Crippen molar-refractivity contribution >= 4 is 49.1 Å². The average Bonchev–Trinajstić information content (AvgIpc) is 3.14. The van der Waals surface area contributed by atoms with Crippen molar-refractivity contribution in [2.75, 3.05) is 18.1 Å². The number of fused-ring (bicyclic) bond motifs is 1. The number of aryl methyl sites for hydroxylation is 2. The quantitative estimate of drug-likeness (QED) is 0.489. The highest BCUT2D eigenvalue weighted by atomic mass is 32.2. The Morgan fingerprint density at radius 3 is 2.62 bits per heavy atom. The summed E-state index contributed by atoms with van der Waals surface area (Å²) in [6.45, 7) is 10.4. The number of carbonyl (C=O) groups is 1. The second-order valence-corrected chi connectivity index (χ2v) is 12.1. The molecular formula is C19H27N3O4S3. The number of hydrogen-bond donors (Lipinski definition) is 0. The largest absolute Gasteiger partial charge is 0.338 e. The fourth-order valence-electron chi connectivity index (χ4n) is 3.73. The van der Waals surface area contributed by atoms with Gasteiger partial charge in [-0.25, -0.2) is 13.4 Å². The van der Waals surface area contributed by atoms with Crippen LogP contribution >= 0.6 is 23.1 Å². The fourth-order valence-corrected chi connectivity index (χ4v) is 7.58. The monoisotopic (exact) mass is 457 g/mol. The van der Waals surface area contributed by atoms with E-state index in [0.717, 1.165) is 10.4 Å². The van der Waals surface area contributed by atoms with Crippen LogP contribution in [0.1, 0.15) is 37.6 Å². The highest BCUT2D eigenvalue weighted by Gasteiger charge is 2.35. The predicted molar refractivity (Wildman–Crippen MR) is 119 cm³/mol. The first-order valence-electron chi connectivity index (χ1n) is 9.77. The minimum Gasteiger partial charge on any atom is -0.338 e. The van der Waals surface area contributed by atoms with E-state index >= 15 is 0 Å². The summed E-state index contributed by atoms with van der Waals surface area (Å²) >= 11 is 2.76. The summed E-state index contributed by atoms with van der Waals surface area (Å²) in [5, 5.41) is 0.716. The normalized spacial score (nSPS) is 19.6. The third kappa shape index (κ3) is 4.25. The van der Waals surface area contributed by atoms with Gasteiger partial charge in [-0.1, -0.05) is 11.8 Å². The highest BCUT2D eigenvalue weighted by molar-refractivity contribution is 8.00. The third-order valence-corrected chi connectivity index (χ3v) is 9.40. The minimum atomic E-state index is -3.07. The van der Waals surface area contributed by atoms with E-state index in [2.05, 4.69) is 0 Å². The average molecular weight is 458 g/mol. The molecule has 0 saturated carbocycles. The number of sulfone groups is 1. The summed E-state index contributed by atoms with van der Waals surface area (Å²) in [6, 6.07) is -0.271. The molecule has 1 saturated heterocycles. The number of hydrogen-bond acceptors (Lipinski definition) is 7. The molecular weight excluding hydrogens is 430 g/mol. The Labute approximate surface area is 179 Å². The van der Waals surface area contributed by atoms with Crippen LogP contribution in [0.2, 0.25) is 0 Å². The van der Waals surface area contributed by atoms with Crippen molar-refractivity contribution < 1.29 is 13.2 Å². The Bertz CT molecular complexity index is 1100. The molecule has 29 heavy (non-hydrogen) atoms. The molecule has 3 rings (SSSR count). The van der Waals surface area contributed by atoms with Gasteiger partial charge in [0.05, 0.1) is 22.1 Å². The van der Waals surface area contributed by atoms with Crippen LogP contribution in [0.3, 0.4) is 0 Å². The van der Waals surface area contributed by atoms with E-state index in [1.807, 2.05) is 27.7 Å². The number of amides is 1. The van der Waals surface area contributed by atoms with Crippen molar-refractivity contribution in [1.29, 1.82) is 0 Å². The van der Waals surface area contributed by atoms with E-state index < -0.39 is 15.1 Å². The van der Waals surface area contributed by atoms with Crippen LogP contribution in [-0.4, -0.2) is 58.1 Å². The number of rotatable bonds is 6. The van der Waals surface area contributed by atoms with Crippen LogP contribution in [0, 0.1) is 13.8 Å². The minimum absolute atomic E-state index is 0.0294. The number of nitrogens with zero attached hydrogens (tertiary/aromatic N) is 3. The molecule has 0 unspecified atom stereocenters. The maximum atomic E-state index is 13.1. The Morgan fingerprint density at radius 2 is 2.07 bits per heavy atom. The summed E-state index contributed by atoms with van der Waals surface area (Å²) in [5.74, 6) is 0.0463. The molecule has 1 aliphatic rings. The summed E-state index contributed by atoms with van der Waals surface area (Å²) in [7, 11) is -3.07. The Morgan fingerprint density at radius 1 is 1.38 bits per heavy atom. The zero-order valence-corrected chi connectivity index (χ0v) is 19.8. The molecule has 1 amide bonds. The van der Waals surface area contributed by atoms with Crippen molar-refractivity contribution in [3.05, 3.63) is 20.8 Å². The molecule has 2 aromatic heterocycles. The van der Waals surface area contributed by atoms with Crippen LogP contribution in [0.4, 0.5) is 0 Å². The maximum absolute atomic E-state index is 13.1. The van der Waals surface area contributed by atoms with E-state index in [9.17, 15) is 18.0 Å². The van der Waals surface area contributed by atoms with E-state index in [1.165, 1.54) is 23.1 Å². The molecule has 7 nitrogen and oxygen atoms in total. The summed E-state index contributed by atoms with van der Waals surface area (Å²) in [6.07, 6.45) is 0.483. The van der Waals surface area contributed by atoms with E-state index in [1.54, 1.807) is 16.4 Å². The van der Waals surface area contributed by atoms with Crippen LogP contribution in [0.5, 0.6) is 0 Å². The molecule has 0 aliphatic carbocycles. The van der Waals surface area contributed by atoms with Crippen molar-refractivity contribution in [2.24, 2.45) is 0 Å². The zero-order valence-electron chi connectivity index (χ0n) is 17.4. The Hall–Kier alpha value is -1.39. The van der Waals surface area contributed by atoms with Crippen molar-refractivity contribution in [2.45, 2.75) is 64.0 Å². The van der Waals surface area contributed by atoms with Crippen LogP contribution in [-0.2, 0) is 21.2 Å². The lowest BCUT2D eigenvalue weighted by molar-refractivity contribution is -0.131. The van der Waals surface area contributed by atoms with Gasteiger partial charge >= 0.3 is 0 Å². The van der Waals surface area contributed by atoms with Gasteiger partial charge in [-0.2, -0.15) is 0 Å². The molecule has 0 radical (unpaired) electrons. The first kappa shape index (κ1) is 22.3. The Balaban J connectivity index is 1.89. The van der Waals surface area contributed by atoms with Crippen LogP contribution in [0.15, 0.2) is 9.95 Å². The molecule has 3 heterocycles. The summed E-state index contributed by atoms with van der Waals surface area (Å²) in [4.78, 5) is 34.2. The third-order valence-electron chi connectivity index (χ3n) is 5.47. The topological polar surface area (TPSA) is 89.3 Å². The van der Waals surface area contributed by atoms with Crippen molar-refractivity contribution in [1.82, 2.24) is 14.5 Å². The fraction of sp³-hybridized carbons (Fsp3) is 0.632. The molecule has 0 aromatic carbocycles. The molecule has 2 aromatic rings. The predicted octanol–water partition coefficient (Wildman–Crippen LogP) is 2.61. The molecule has 160 valence electrons. The summed E-state index contributed by atoms with van der Waals surface area (Å²) in [5.41, 5.74) is 0.890. The molecule has 0 bridgehead atoms. The van der Waals surface area contributed by atoms with Gasteiger partial charge in [0.1, 0.15) is 4.83 Å². The number of carbonyl (C=O) groups excluding carboxylic acids is 1. The van der Waals surface area contributed by atoms with Gasteiger partial charge in [0.25, 0.3) is 5.56 Å². The van der Waals surface area contributed by atoms with Crippen molar-refractivity contribution in [3.8, 4) is 0 Å². The van der Waals surface area contributed by atoms with Gasteiger partial charge in [-0.15, -0.1) is 11.3 Å². The molecule has 2 atom stereocenters. The first-order valence-corrected chi connectivity index (χ1v) is 13.3. The molecule has 0 N–H and O–H groups in total. The van der Waals surface area contributed by atoms with Gasteiger partial charge in [0.15, 0.2) is 15.0 Å². The lowest BCUT2D eigenvalue weighted by Gasteiger charge is -2.29. The van der Waals surface area contributed by atoms with Crippen LogP contribution in [0.25, 0.3) is 10.2 Å². The van der Waals surface area contributed by atoms with Gasteiger partial charge in [-0.05, 0) is 46.6 Å². The summed E-state index contributed by atoms with van der Waals surface area (Å²) < 4.78 is 25.3. The smallest absolute Gasteiger partial charge is 0.263 e. The van der Waals surface area contributed by atoms with Gasteiger partial charge in [0, 0.05) is 24.0 Å². The zero-order chi connectivity index (χ0) is 21.5.